The van der Waals surface area contributed by atoms with Gasteiger partial charge >= 0.3 is 0 Å². The van der Waals surface area contributed by atoms with Crippen LogP contribution in [0.1, 0.15) is 43.3 Å². The third-order valence-corrected chi connectivity index (χ3v) is 8.31. The van der Waals surface area contributed by atoms with Gasteiger partial charge < -0.3 is 9.80 Å². The van der Waals surface area contributed by atoms with Crippen LogP contribution in [-0.4, -0.2) is 51.8 Å². The molecular formula is C21H25N5O2S. The number of carbonyl (C=O) groups is 1. The highest BCUT2D eigenvalue weighted by Crippen LogP contribution is 2.45. The lowest BCUT2D eigenvalue weighted by molar-refractivity contribution is -0.136. The number of carbonyl (C=O) groups excluding carboxylic acids is 1. The molecule has 0 spiro atoms. The molecule has 152 valence electrons. The maximum atomic E-state index is 13.8. The van der Waals surface area contributed by atoms with E-state index in [9.17, 15) is 9.59 Å². The van der Waals surface area contributed by atoms with Gasteiger partial charge in [-0.3, -0.25) is 14.2 Å². The molecule has 8 heteroatoms. The Morgan fingerprint density at radius 1 is 1.07 bits per heavy atom. The number of hydrogen-bond donors (Lipinski definition) is 0. The number of aromatic nitrogens is 3. The van der Waals surface area contributed by atoms with Crippen molar-refractivity contribution in [2.75, 3.05) is 31.1 Å². The van der Waals surface area contributed by atoms with E-state index < -0.39 is 6.04 Å². The second-order valence-corrected chi connectivity index (χ2v) is 9.93. The standard InChI is InChI=1S/C21H25N5O2S/c27-18-6-2-5-17-15-7-16(11-25(10-15)21-23-22-12-29-21)19(26(17)18)20(28)24-8-13-3-1-4-14(13)9-24/h2,5-6,12-16,19H,1,3-4,7-11H2/t13-,14+,15-,16+,19+/m0/s1. The predicted molar refractivity (Wildman–Crippen MR) is 110 cm³/mol. The van der Waals surface area contributed by atoms with Crippen LogP contribution >= 0.6 is 11.3 Å². The van der Waals surface area contributed by atoms with Crippen molar-refractivity contribution in [3.05, 3.63) is 39.8 Å². The molecule has 2 aromatic heterocycles. The zero-order valence-electron chi connectivity index (χ0n) is 16.3. The molecule has 0 aromatic carbocycles. The molecule has 2 saturated heterocycles. The zero-order valence-corrected chi connectivity index (χ0v) is 17.1. The summed E-state index contributed by atoms with van der Waals surface area (Å²) in [5, 5.41) is 9.16. The summed E-state index contributed by atoms with van der Waals surface area (Å²) in [4.78, 5) is 31.0. The highest BCUT2D eigenvalue weighted by Gasteiger charge is 2.47. The number of anilines is 1. The van der Waals surface area contributed by atoms with Crippen molar-refractivity contribution in [2.24, 2.45) is 17.8 Å². The van der Waals surface area contributed by atoms with Gasteiger partial charge in [-0.05, 0) is 37.2 Å². The number of hydrogen-bond acceptors (Lipinski definition) is 6. The molecule has 0 unspecified atom stereocenters. The summed E-state index contributed by atoms with van der Waals surface area (Å²) in [5.74, 6) is 1.83. The maximum Gasteiger partial charge on any atom is 0.251 e. The summed E-state index contributed by atoms with van der Waals surface area (Å²) in [6, 6.07) is 5.07. The van der Waals surface area contributed by atoms with Crippen molar-refractivity contribution in [3.63, 3.8) is 0 Å². The molecule has 29 heavy (non-hydrogen) atoms. The van der Waals surface area contributed by atoms with Crippen LogP contribution in [-0.2, 0) is 4.79 Å². The lowest BCUT2D eigenvalue weighted by Gasteiger charge is -2.46. The van der Waals surface area contributed by atoms with Crippen molar-refractivity contribution in [1.29, 1.82) is 0 Å². The Morgan fingerprint density at radius 3 is 2.66 bits per heavy atom. The molecule has 7 nitrogen and oxygen atoms in total. The smallest absolute Gasteiger partial charge is 0.251 e. The van der Waals surface area contributed by atoms with Gasteiger partial charge in [0.1, 0.15) is 11.6 Å². The summed E-state index contributed by atoms with van der Waals surface area (Å²) in [7, 11) is 0. The molecule has 0 radical (unpaired) electrons. The van der Waals surface area contributed by atoms with Crippen molar-refractivity contribution in [2.45, 2.75) is 37.6 Å². The Morgan fingerprint density at radius 2 is 1.90 bits per heavy atom. The lowest BCUT2D eigenvalue weighted by atomic mass is 9.78. The van der Waals surface area contributed by atoms with E-state index in [0.717, 1.165) is 43.4 Å². The molecule has 4 aliphatic rings. The Kier molecular flexibility index (Phi) is 4.04. The number of piperidine rings is 1. The fourth-order valence-electron chi connectivity index (χ4n) is 6.31. The van der Waals surface area contributed by atoms with Gasteiger partial charge in [0.2, 0.25) is 11.0 Å². The van der Waals surface area contributed by atoms with E-state index in [1.54, 1.807) is 11.6 Å². The van der Waals surface area contributed by atoms with Gasteiger partial charge in [0, 0.05) is 49.8 Å². The van der Waals surface area contributed by atoms with Crippen LogP contribution in [0.15, 0.2) is 28.5 Å². The average Bonchev–Trinajstić information content (AvgIpc) is 3.46. The fourth-order valence-corrected chi connectivity index (χ4v) is 6.90. The summed E-state index contributed by atoms with van der Waals surface area (Å²) < 4.78 is 1.83. The van der Waals surface area contributed by atoms with E-state index in [0.29, 0.717) is 11.8 Å². The van der Waals surface area contributed by atoms with E-state index in [2.05, 4.69) is 20.0 Å². The second-order valence-electron chi connectivity index (χ2n) is 9.12. The van der Waals surface area contributed by atoms with E-state index in [4.69, 9.17) is 0 Å². The van der Waals surface area contributed by atoms with Crippen LogP contribution in [0.3, 0.4) is 0 Å². The molecule has 6 rings (SSSR count). The Bertz CT molecular complexity index is 977. The monoisotopic (exact) mass is 411 g/mol. The first-order valence-corrected chi connectivity index (χ1v) is 11.6. The van der Waals surface area contributed by atoms with Crippen LogP contribution in [0, 0.1) is 17.8 Å². The van der Waals surface area contributed by atoms with Crippen LogP contribution in [0.4, 0.5) is 5.13 Å². The Hall–Kier alpha value is -2.22. The van der Waals surface area contributed by atoms with E-state index in [1.165, 1.54) is 30.6 Å². The third-order valence-electron chi connectivity index (χ3n) is 7.56. The SMILES string of the molecule is O=C([C@H]1[C@@H]2C[C@@H](CN(c3nncs3)C2)c2cccc(=O)n21)N1C[C@H]2CCC[C@H]2C1. The van der Waals surface area contributed by atoms with E-state index in [1.807, 2.05) is 16.7 Å². The van der Waals surface area contributed by atoms with Crippen LogP contribution in [0.5, 0.6) is 0 Å². The second kappa shape index (κ2) is 6.65. The lowest BCUT2D eigenvalue weighted by Crippen LogP contribution is -2.54. The van der Waals surface area contributed by atoms with Gasteiger partial charge in [0.25, 0.3) is 5.56 Å². The quantitative estimate of drug-likeness (QED) is 0.757. The maximum absolute atomic E-state index is 13.8. The minimum Gasteiger partial charge on any atom is -0.346 e. The molecule has 2 aromatic rings. The number of amides is 1. The molecule has 3 aliphatic heterocycles. The van der Waals surface area contributed by atoms with E-state index in [-0.39, 0.29) is 23.3 Å². The molecule has 1 saturated carbocycles. The van der Waals surface area contributed by atoms with Crippen LogP contribution in [0.2, 0.25) is 0 Å². The van der Waals surface area contributed by atoms with Crippen molar-refractivity contribution < 1.29 is 4.79 Å². The highest BCUT2D eigenvalue weighted by molar-refractivity contribution is 7.13. The normalized spacial score (nSPS) is 32.9. The first kappa shape index (κ1) is 17.6. The summed E-state index contributed by atoms with van der Waals surface area (Å²) >= 11 is 1.54. The highest BCUT2D eigenvalue weighted by atomic mass is 32.1. The summed E-state index contributed by atoms with van der Waals surface area (Å²) in [5.41, 5.74) is 2.71. The minimum atomic E-state index is -0.399. The molecule has 1 aliphatic carbocycles. The number of nitrogens with zero attached hydrogens (tertiary/aromatic N) is 5. The minimum absolute atomic E-state index is 0.0423. The topological polar surface area (TPSA) is 71.3 Å². The molecule has 1 amide bonds. The van der Waals surface area contributed by atoms with Gasteiger partial charge in [-0.2, -0.15) is 0 Å². The number of pyridine rings is 1. The summed E-state index contributed by atoms with van der Waals surface area (Å²) in [6.07, 6.45) is 4.73. The molecule has 2 bridgehead atoms. The number of fused-ring (bicyclic) bond motifs is 5. The number of rotatable bonds is 2. The molecular weight excluding hydrogens is 386 g/mol. The van der Waals surface area contributed by atoms with Crippen molar-refractivity contribution in [3.8, 4) is 0 Å². The first-order chi connectivity index (χ1) is 14.2. The largest absolute Gasteiger partial charge is 0.346 e. The number of likely N-dealkylation sites (tertiary alicyclic amines) is 1. The van der Waals surface area contributed by atoms with Gasteiger partial charge in [0.05, 0.1) is 0 Å². The molecule has 5 atom stereocenters. The van der Waals surface area contributed by atoms with Gasteiger partial charge in [-0.15, -0.1) is 10.2 Å². The van der Waals surface area contributed by atoms with E-state index >= 15 is 0 Å². The summed E-state index contributed by atoms with van der Waals surface area (Å²) in [6.45, 7) is 3.31. The first-order valence-electron chi connectivity index (χ1n) is 10.7. The molecule has 5 heterocycles. The molecule has 3 fully saturated rings. The Labute approximate surface area is 173 Å². The van der Waals surface area contributed by atoms with Crippen molar-refractivity contribution >= 4 is 22.4 Å². The van der Waals surface area contributed by atoms with Crippen LogP contribution in [0.25, 0.3) is 0 Å². The average molecular weight is 412 g/mol. The van der Waals surface area contributed by atoms with Gasteiger partial charge in [0.15, 0.2) is 0 Å². The zero-order chi connectivity index (χ0) is 19.5. The van der Waals surface area contributed by atoms with Gasteiger partial charge in [-0.25, -0.2) is 0 Å². The van der Waals surface area contributed by atoms with Crippen molar-refractivity contribution in [1.82, 2.24) is 19.7 Å². The third kappa shape index (κ3) is 2.75. The predicted octanol–water partition coefficient (Wildman–Crippen LogP) is 2.12. The van der Waals surface area contributed by atoms with Crippen LogP contribution < -0.4 is 10.5 Å². The Balaban J connectivity index is 1.38. The van der Waals surface area contributed by atoms with Gasteiger partial charge in [-0.1, -0.05) is 23.8 Å². The fraction of sp³-hybridized carbons (Fsp3) is 0.619. The molecule has 0 N–H and O–H groups in total.